The Morgan fingerprint density at radius 1 is 0.429 bits per heavy atom. The topological polar surface area (TPSA) is 17.8 Å². The molecule has 0 amide bonds. The van der Waals surface area contributed by atoms with Crippen LogP contribution in [0.5, 0.6) is 0 Å². The largest absolute Gasteiger partial charge is 0.291 e. The van der Waals surface area contributed by atoms with Gasteiger partial charge in [0.25, 0.3) is 0 Å². The van der Waals surface area contributed by atoms with Crippen molar-refractivity contribution in [2.75, 3.05) is 0 Å². The lowest BCUT2D eigenvalue weighted by Crippen LogP contribution is -2.09. The summed E-state index contributed by atoms with van der Waals surface area (Å²) in [4.78, 5) is 5.50. The Bertz CT molecular complexity index is 2650. The van der Waals surface area contributed by atoms with Gasteiger partial charge in [-0.15, -0.1) is 0 Å². The number of hydrogen-bond donors (Lipinski definition) is 0. The third kappa shape index (κ3) is 4.66. The van der Waals surface area contributed by atoms with Crippen molar-refractivity contribution < 1.29 is 0 Å². The van der Waals surface area contributed by atoms with Crippen molar-refractivity contribution in [3.63, 3.8) is 0 Å². The molecule has 49 heavy (non-hydrogen) atoms. The number of aromatic nitrogens is 2. The van der Waals surface area contributed by atoms with Crippen LogP contribution in [0.3, 0.4) is 0 Å². The van der Waals surface area contributed by atoms with Gasteiger partial charge in [0.2, 0.25) is 0 Å². The van der Waals surface area contributed by atoms with Crippen molar-refractivity contribution in [3.8, 4) is 28.2 Å². The molecule has 0 N–H and O–H groups in total. The summed E-state index contributed by atoms with van der Waals surface area (Å²) in [7, 11) is 0. The summed E-state index contributed by atoms with van der Waals surface area (Å²) < 4.78 is 2.50. The number of hydrogen-bond acceptors (Lipinski definition) is 1. The Hall–Kier alpha value is -5.73. The molecule has 0 saturated carbocycles. The Kier molecular flexibility index (Phi) is 6.88. The molecule has 0 unspecified atom stereocenters. The third-order valence-corrected chi connectivity index (χ3v) is 10.3. The predicted octanol–water partition coefficient (Wildman–Crippen LogP) is 13.2. The van der Waals surface area contributed by atoms with Gasteiger partial charge < -0.3 is 0 Å². The molecule has 8 aromatic carbocycles. The molecule has 0 aliphatic heterocycles. The van der Waals surface area contributed by atoms with E-state index in [2.05, 4.69) is 178 Å². The molecular weight excluding hydrogens is 593 g/mol. The van der Waals surface area contributed by atoms with E-state index >= 15 is 0 Å². The first-order chi connectivity index (χ1) is 24.0. The van der Waals surface area contributed by atoms with Gasteiger partial charge in [0.05, 0.1) is 16.7 Å². The van der Waals surface area contributed by atoms with Crippen LogP contribution in [-0.2, 0) is 0 Å². The van der Waals surface area contributed by atoms with E-state index < -0.39 is 0 Å². The molecule has 236 valence electrons. The lowest BCUT2D eigenvalue weighted by molar-refractivity contribution is 0.812. The van der Waals surface area contributed by atoms with Crippen LogP contribution < -0.4 is 0 Å². The molecule has 0 bridgehead atoms. The second kappa shape index (κ2) is 11.5. The van der Waals surface area contributed by atoms with Crippen molar-refractivity contribution in [3.05, 3.63) is 157 Å². The zero-order valence-corrected chi connectivity index (χ0v) is 28.4. The monoisotopic (exact) mass is 630 g/mol. The molecule has 1 heterocycles. The fraction of sp³-hybridized carbons (Fsp3) is 0.128. The van der Waals surface area contributed by atoms with Crippen LogP contribution >= 0.6 is 0 Å². The molecule has 9 aromatic rings. The molecule has 0 aliphatic rings. The van der Waals surface area contributed by atoms with Crippen molar-refractivity contribution in [2.24, 2.45) is 0 Å². The van der Waals surface area contributed by atoms with Gasteiger partial charge in [-0.25, -0.2) is 4.98 Å². The first-order valence-corrected chi connectivity index (χ1v) is 17.5. The molecule has 0 radical (unpaired) electrons. The highest BCUT2D eigenvalue weighted by atomic mass is 15.1. The molecule has 0 aliphatic carbocycles. The average Bonchev–Trinajstić information content (AvgIpc) is 3.54. The summed E-state index contributed by atoms with van der Waals surface area (Å²) in [5.74, 6) is 1.56. The van der Waals surface area contributed by atoms with Crippen molar-refractivity contribution >= 4 is 54.1 Å². The van der Waals surface area contributed by atoms with Gasteiger partial charge in [-0.2, -0.15) is 0 Å². The lowest BCUT2D eigenvalue weighted by atomic mass is 9.88. The summed E-state index contributed by atoms with van der Waals surface area (Å²) in [6.07, 6.45) is 0. The van der Waals surface area contributed by atoms with E-state index in [9.17, 15) is 0 Å². The van der Waals surface area contributed by atoms with Gasteiger partial charge in [0, 0.05) is 10.9 Å². The first-order valence-electron chi connectivity index (χ1n) is 17.5. The molecule has 2 heteroatoms. The van der Waals surface area contributed by atoms with E-state index in [0.29, 0.717) is 11.8 Å². The number of nitrogens with zero attached hydrogens (tertiary/aromatic N) is 2. The van der Waals surface area contributed by atoms with Crippen LogP contribution in [0.25, 0.3) is 82.3 Å². The van der Waals surface area contributed by atoms with Gasteiger partial charge in [-0.1, -0.05) is 149 Å². The van der Waals surface area contributed by atoms with E-state index in [1.54, 1.807) is 0 Å². The second-order valence-corrected chi connectivity index (χ2v) is 14.0. The van der Waals surface area contributed by atoms with Crippen LogP contribution in [-0.4, -0.2) is 9.55 Å². The SMILES string of the molecule is CC(C)c1cc(-c2ccccc2)cc(C(C)C)c1-n1c(-c2ccc3c4ccccc4c4ccccc4c3c2)nc2ccc3ccccc3c21. The highest BCUT2D eigenvalue weighted by molar-refractivity contribution is 6.25. The standard InChI is InChI=1S/C47H38N2/c1-29(2)41-27-34(31-14-6-5-7-15-31)28-42(30(3)4)45(41)49-46-35-17-9-8-16-32(35)23-25-44(46)48-47(49)33-22-24-40-38-20-11-10-18-36(38)37-19-12-13-21-39(37)43(40)26-33/h5-30H,1-4H3. The van der Waals surface area contributed by atoms with E-state index in [4.69, 9.17) is 4.98 Å². The van der Waals surface area contributed by atoms with Gasteiger partial charge in [0.15, 0.2) is 0 Å². The minimum Gasteiger partial charge on any atom is -0.291 e. The van der Waals surface area contributed by atoms with E-state index in [1.165, 1.54) is 71.0 Å². The van der Waals surface area contributed by atoms with Crippen LogP contribution in [0.1, 0.15) is 50.7 Å². The van der Waals surface area contributed by atoms with Crippen molar-refractivity contribution in [2.45, 2.75) is 39.5 Å². The zero-order chi connectivity index (χ0) is 33.2. The minimum absolute atomic E-state index is 0.295. The highest BCUT2D eigenvalue weighted by Gasteiger charge is 2.25. The van der Waals surface area contributed by atoms with Gasteiger partial charge in [-0.05, 0) is 96.1 Å². The molecular formula is C47H38N2. The highest BCUT2D eigenvalue weighted by Crippen LogP contribution is 2.43. The summed E-state index contributed by atoms with van der Waals surface area (Å²) in [5, 5.41) is 10.1. The van der Waals surface area contributed by atoms with Crippen LogP contribution in [0, 0.1) is 0 Å². The smallest absolute Gasteiger partial charge is 0.145 e. The Balaban J connectivity index is 1.42. The normalized spacial score (nSPS) is 12.0. The molecule has 0 fully saturated rings. The van der Waals surface area contributed by atoms with Crippen LogP contribution in [0.15, 0.2) is 146 Å². The summed E-state index contributed by atoms with van der Waals surface area (Å²) in [5.41, 5.74) is 9.70. The van der Waals surface area contributed by atoms with Crippen molar-refractivity contribution in [1.82, 2.24) is 9.55 Å². The third-order valence-electron chi connectivity index (χ3n) is 10.3. The number of imidazole rings is 1. The Labute approximate surface area is 287 Å². The zero-order valence-electron chi connectivity index (χ0n) is 28.4. The number of fused-ring (bicyclic) bond motifs is 9. The molecule has 2 nitrogen and oxygen atoms in total. The summed E-state index contributed by atoms with van der Waals surface area (Å²) in [6.45, 7) is 9.29. The van der Waals surface area contributed by atoms with E-state index in [1.807, 2.05) is 0 Å². The fourth-order valence-corrected chi connectivity index (χ4v) is 7.91. The number of benzene rings is 8. The van der Waals surface area contributed by atoms with E-state index in [-0.39, 0.29) is 0 Å². The molecule has 9 rings (SSSR count). The number of rotatable bonds is 5. The van der Waals surface area contributed by atoms with Crippen LogP contribution in [0.4, 0.5) is 0 Å². The van der Waals surface area contributed by atoms with Crippen LogP contribution in [0.2, 0.25) is 0 Å². The second-order valence-electron chi connectivity index (χ2n) is 14.0. The summed E-state index contributed by atoms with van der Waals surface area (Å²) in [6, 6.07) is 53.4. The maximum Gasteiger partial charge on any atom is 0.145 e. The van der Waals surface area contributed by atoms with Gasteiger partial charge in [0.1, 0.15) is 5.82 Å². The van der Waals surface area contributed by atoms with Gasteiger partial charge in [-0.3, -0.25) is 4.57 Å². The lowest BCUT2D eigenvalue weighted by Gasteiger charge is -2.25. The Morgan fingerprint density at radius 2 is 0.959 bits per heavy atom. The molecule has 1 aromatic heterocycles. The van der Waals surface area contributed by atoms with Gasteiger partial charge >= 0.3 is 0 Å². The molecule has 0 atom stereocenters. The van der Waals surface area contributed by atoms with E-state index in [0.717, 1.165) is 22.4 Å². The minimum atomic E-state index is 0.295. The Morgan fingerprint density at radius 3 is 1.57 bits per heavy atom. The van der Waals surface area contributed by atoms with Crippen molar-refractivity contribution in [1.29, 1.82) is 0 Å². The summed E-state index contributed by atoms with van der Waals surface area (Å²) >= 11 is 0. The first kappa shape index (κ1) is 29.4. The maximum absolute atomic E-state index is 5.50. The molecule has 0 saturated heterocycles. The average molecular weight is 631 g/mol. The molecule has 0 spiro atoms. The fourth-order valence-electron chi connectivity index (χ4n) is 7.91. The predicted molar refractivity (Wildman–Crippen MR) is 210 cm³/mol. The quantitative estimate of drug-likeness (QED) is 0.173. The maximum atomic E-state index is 5.50.